The number of nitrogens with two attached hydrogens (primary N) is 1. The van der Waals surface area contributed by atoms with Gasteiger partial charge >= 0.3 is 0 Å². The molecule has 1 aromatic heterocycles. The number of anilines is 2. The van der Waals surface area contributed by atoms with E-state index in [2.05, 4.69) is 16.8 Å². The lowest BCUT2D eigenvalue weighted by Gasteiger charge is -2.13. The van der Waals surface area contributed by atoms with E-state index < -0.39 is 0 Å². The van der Waals surface area contributed by atoms with E-state index in [4.69, 9.17) is 5.73 Å². The number of hydrogen-bond donors (Lipinski definition) is 2. The van der Waals surface area contributed by atoms with Gasteiger partial charge < -0.3 is 15.7 Å². The fourth-order valence-corrected chi connectivity index (χ4v) is 2.53. The molecule has 2 atom stereocenters. The highest BCUT2D eigenvalue weighted by atomic mass is 32.1. The van der Waals surface area contributed by atoms with Crippen molar-refractivity contribution < 1.29 is 5.11 Å². The number of rotatable bonds is 2. The van der Waals surface area contributed by atoms with Crippen LogP contribution >= 0.6 is 11.3 Å². The maximum Gasteiger partial charge on any atom is 0.187 e. The van der Waals surface area contributed by atoms with Crippen LogP contribution < -0.4 is 10.6 Å². The average molecular weight is 213 g/mol. The van der Waals surface area contributed by atoms with Crippen molar-refractivity contribution in [3.63, 3.8) is 0 Å². The number of thiazole rings is 1. The van der Waals surface area contributed by atoms with Crippen molar-refractivity contribution in [3.8, 4) is 0 Å². The molecule has 0 radical (unpaired) electrons. The van der Waals surface area contributed by atoms with Gasteiger partial charge in [0.15, 0.2) is 5.13 Å². The molecule has 0 aromatic carbocycles. The van der Waals surface area contributed by atoms with E-state index in [0.29, 0.717) is 12.5 Å². The number of hydrogen-bond acceptors (Lipinski definition) is 5. The fourth-order valence-electron chi connectivity index (χ4n) is 1.83. The van der Waals surface area contributed by atoms with Gasteiger partial charge in [0.2, 0.25) is 0 Å². The van der Waals surface area contributed by atoms with E-state index in [0.717, 1.165) is 23.1 Å². The highest BCUT2D eigenvalue weighted by Crippen LogP contribution is 2.30. The molecular formula is C9H15N3OS. The lowest BCUT2D eigenvalue weighted by molar-refractivity contribution is 0.146. The molecular weight excluding hydrogens is 198 g/mol. The monoisotopic (exact) mass is 213 g/mol. The molecule has 4 nitrogen and oxygen atoms in total. The summed E-state index contributed by atoms with van der Waals surface area (Å²) in [5.41, 5.74) is 5.61. The third-order valence-corrected chi connectivity index (χ3v) is 3.60. The van der Waals surface area contributed by atoms with Crippen LogP contribution in [0.25, 0.3) is 0 Å². The van der Waals surface area contributed by atoms with Gasteiger partial charge in [-0.3, -0.25) is 0 Å². The second kappa shape index (κ2) is 3.74. The fraction of sp³-hybridized carbons (Fsp3) is 0.667. The summed E-state index contributed by atoms with van der Waals surface area (Å²) in [5, 5.41) is 11.4. The Bertz CT molecular complexity index is 315. The molecule has 1 aliphatic heterocycles. The molecule has 0 amide bonds. The van der Waals surface area contributed by atoms with E-state index in [1.54, 1.807) is 6.20 Å². The Balaban J connectivity index is 2.08. The van der Waals surface area contributed by atoms with Crippen LogP contribution in [0.3, 0.4) is 0 Å². The minimum Gasteiger partial charge on any atom is -0.391 e. The number of aliphatic hydroxyl groups excluding tert-OH is 1. The van der Waals surface area contributed by atoms with Gasteiger partial charge in [-0.05, 0) is 6.42 Å². The Hall–Kier alpha value is -0.810. The number of nitrogens with zero attached hydrogens (tertiary/aromatic N) is 2. The zero-order chi connectivity index (χ0) is 10.1. The normalized spacial score (nSPS) is 27.1. The predicted octanol–water partition coefficient (Wildman–Crippen LogP) is 0.932. The quantitative estimate of drug-likeness (QED) is 0.767. The smallest absolute Gasteiger partial charge is 0.187 e. The van der Waals surface area contributed by atoms with Gasteiger partial charge in [-0.2, -0.15) is 0 Å². The Kier molecular flexibility index (Phi) is 2.60. The van der Waals surface area contributed by atoms with Crippen LogP contribution in [0, 0.1) is 5.92 Å². The topological polar surface area (TPSA) is 62.4 Å². The summed E-state index contributed by atoms with van der Waals surface area (Å²) < 4.78 is 0. The SMILES string of the molecule is CCC1CN(c2ncc(N)s2)CC1O. The van der Waals surface area contributed by atoms with Gasteiger partial charge in [-0.1, -0.05) is 18.3 Å². The zero-order valence-corrected chi connectivity index (χ0v) is 9.00. The Morgan fingerprint density at radius 1 is 1.71 bits per heavy atom. The van der Waals surface area contributed by atoms with Gasteiger partial charge in [0.25, 0.3) is 0 Å². The van der Waals surface area contributed by atoms with Gasteiger partial charge in [-0.15, -0.1) is 0 Å². The first-order valence-electron chi connectivity index (χ1n) is 4.85. The lowest BCUT2D eigenvalue weighted by Crippen LogP contribution is -2.20. The Morgan fingerprint density at radius 2 is 2.50 bits per heavy atom. The van der Waals surface area contributed by atoms with E-state index in [-0.39, 0.29) is 6.10 Å². The minimum atomic E-state index is -0.217. The van der Waals surface area contributed by atoms with Crippen LogP contribution in [0.15, 0.2) is 6.20 Å². The molecule has 1 aromatic rings. The van der Waals surface area contributed by atoms with Crippen LogP contribution in [-0.4, -0.2) is 29.3 Å². The van der Waals surface area contributed by atoms with Gasteiger partial charge in [0, 0.05) is 19.0 Å². The van der Waals surface area contributed by atoms with E-state index in [9.17, 15) is 5.11 Å². The molecule has 3 N–H and O–H groups in total. The van der Waals surface area contributed by atoms with Crippen LogP contribution in [0.5, 0.6) is 0 Å². The Morgan fingerprint density at radius 3 is 3.00 bits per heavy atom. The number of nitrogen functional groups attached to an aromatic ring is 1. The summed E-state index contributed by atoms with van der Waals surface area (Å²) in [5.74, 6) is 0.375. The molecule has 2 heterocycles. The first-order valence-corrected chi connectivity index (χ1v) is 5.66. The summed E-state index contributed by atoms with van der Waals surface area (Å²) in [6.45, 7) is 3.68. The largest absolute Gasteiger partial charge is 0.391 e. The lowest BCUT2D eigenvalue weighted by atomic mass is 10.0. The van der Waals surface area contributed by atoms with Crippen molar-refractivity contribution in [2.75, 3.05) is 23.7 Å². The highest BCUT2D eigenvalue weighted by Gasteiger charge is 2.31. The average Bonchev–Trinajstić information content (AvgIpc) is 2.71. The van der Waals surface area contributed by atoms with Crippen LogP contribution in [0.1, 0.15) is 13.3 Å². The van der Waals surface area contributed by atoms with E-state index in [1.165, 1.54) is 11.3 Å². The molecule has 1 fully saturated rings. The van der Waals surface area contributed by atoms with Crippen LogP contribution in [0.2, 0.25) is 0 Å². The molecule has 2 rings (SSSR count). The molecule has 14 heavy (non-hydrogen) atoms. The van der Waals surface area contributed by atoms with Crippen molar-refractivity contribution in [2.45, 2.75) is 19.4 Å². The first-order chi connectivity index (χ1) is 6.70. The molecule has 0 bridgehead atoms. The van der Waals surface area contributed by atoms with Crippen molar-refractivity contribution in [1.82, 2.24) is 4.98 Å². The summed E-state index contributed by atoms with van der Waals surface area (Å²) in [4.78, 5) is 6.32. The number of aromatic nitrogens is 1. The maximum absolute atomic E-state index is 9.73. The molecule has 0 spiro atoms. The van der Waals surface area contributed by atoms with E-state index >= 15 is 0 Å². The molecule has 1 saturated heterocycles. The third-order valence-electron chi connectivity index (χ3n) is 2.71. The molecule has 2 unspecified atom stereocenters. The highest BCUT2D eigenvalue weighted by molar-refractivity contribution is 7.19. The zero-order valence-electron chi connectivity index (χ0n) is 8.18. The van der Waals surface area contributed by atoms with Crippen molar-refractivity contribution in [3.05, 3.63) is 6.20 Å². The van der Waals surface area contributed by atoms with Gasteiger partial charge in [0.05, 0.1) is 12.3 Å². The van der Waals surface area contributed by atoms with Crippen LogP contribution in [0.4, 0.5) is 10.1 Å². The van der Waals surface area contributed by atoms with Crippen molar-refractivity contribution in [2.24, 2.45) is 5.92 Å². The molecule has 5 heteroatoms. The van der Waals surface area contributed by atoms with Crippen molar-refractivity contribution >= 4 is 21.5 Å². The summed E-state index contributed by atoms with van der Waals surface area (Å²) in [6.07, 6.45) is 2.47. The molecule has 1 aliphatic rings. The van der Waals surface area contributed by atoms with Crippen LogP contribution in [-0.2, 0) is 0 Å². The molecule has 0 aliphatic carbocycles. The second-order valence-electron chi connectivity index (χ2n) is 3.69. The summed E-state index contributed by atoms with van der Waals surface area (Å²) >= 11 is 1.48. The number of β-amino-alcohol motifs (C(OH)–C–C–N with tert-alkyl or cyclic N) is 1. The number of aliphatic hydroxyl groups is 1. The predicted molar refractivity (Wildman–Crippen MR) is 58.5 cm³/mol. The third kappa shape index (κ3) is 1.69. The Labute approximate surface area is 87.4 Å². The standard InChI is InChI=1S/C9H15N3OS/c1-2-6-4-12(5-7(6)13)9-11-3-8(10)14-9/h3,6-7,13H,2,4-5,10H2,1H3. The van der Waals surface area contributed by atoms with Gasteiger partial charge in [-0.25, -0.2) is 4.98 Å². The second-order valence-corrected chi connectivity index (χ2v) is 4.73. The molecule has 78 valence electrons. The first kappa shape index (κ1) is 9.73. The summed E-state index contributed by atoms with van der Waals surface area (Å²) in [6, 6.07) is 0. The maximum atomic E-state index is 9.73. The van der Waals surface area contributed by atoms with E-state index in [1.807, 2.05) is 0 Å². The minimum absolute atomic E-state index is 0.217. The summed E-state index contributed by atoms with van der Waals surface area (Å²) in [7, 11) is 0. The van der Waals surface area contributed by atoms with Gasteiger partial charge in [0.1, 0.15) is 5.00 Å². The van der Waals surface area contributed by atoms with Crippen molar-refractivity contribution in [1.29, 1.82) is 0 Å². The molecule has 0 saturated carbocycles.